The molecule has 0 fully saturated rings. The highest BCUT2D eigenvalue weighted by Gasteiger charge is 2.31. The number of methoxy groups -OCH3 is 1. The van der Waals surface area contributed by atoms with Crippen LogP contribution in [0, 0.1) is 0 Å². The standard InChI is InChI=1S/C24H18O/c1-25-24-20-14-8-7-13-19(20)23-21(24)15-17-11-5-6-12-18(17)22(23)16-9-3-2-4-10-16/h2-15,24H,1H3. The first-order chi connectivity index (χ1) is 12.4. The van der Waals surface area contributed by atoms with Gasteiger partial charge in [0.1, 0.15) is 6.10 Å². The minimum absolute atomic E-state index is 0.00160. The third-order valence-electron chi connectivity index (χ3n) is 5.17. The molecule has 4 aromatic rings. The molecule has 0 aromatic heterocycles. The number of benzene rings is 4. The molecular weight excluding hydrogens is 304 g/mol. The van der Waals surface area contributed by atoms with E-state index in [2.05, 4.69) is 84.9 Å². The molecule has 25 heavy (non-hydrogen) atoms. The Morgan fingerprint density at radius 1 is 0.680 bits per heavy atom. The van der Waals surface area contributed by atoms with Crippen LogP contribution in [0.1, 0.15) is 17.2 Å². The van der Waals surface area contributed by atoms with E-state index in [0.717, 1.165) is 0 Å². The zero-order valence-electron chi connectivity index (χ0n) is 14.1. The molecule has 0 saturated carbocycles. The SMILES string of the molecule is COC1c2ccccc2-c2c1cc1ccccc1c2-c1ccccc1. The highest BCUT2D eigenvalue weighted by Crippen LogP contribution is 2.51. The summed E-state index contributed by atoms with van der Waals surface area (Å²) in [7, 11) is 1.80. The van der Waals surface area contributed by atoms with E-state index < -0.39 is 0 Å². The first kappa shape index (κ1) is 14.4. The zero-order valence-corrected chi connectivity index (χ0v) is 14.1. The lowest BCUT2D eigenvalue weighted by Gasteiger charge is -2.16. The van der Waals surface area contributed by atoms with Gasteiger partial charge in [-0.05, 0) is 50.2 Å². The summed E-state index contributed by atoms with van der Waals surface area (Å²) in [5.74, 6) is 0. The largest absolute Gasteiger partial charge is 0.372 e. The van der Waals surface area contributed by atoms with Crippen LogP contribution < -0.4 is 0 Å². The zero-order chi connectivity index (χ0) is 16.8. The fourth-order valence-electron chi connectivity index (χ4n) is 4.15. The van der Waals surface area contributed by atoms with Crippen LogP contribution in [-0.4, -0.2) is 7.11 Å². The van der Waals surface area contributed by atoms with Gasteiger partial charge in [0.15, 0.2) is 0 Å². The minimum Gasteiger partial charge on any atom is -0.372 e. The number of fused-ring (bicyclic) bond motifs is 4. The van der Waals surface area contributed by atoms with Crippen LogP contribution in [0.15, 0.2) is 84.9 Å². The Labute approximate surface area is 147 Å². The molecule has 0 N–H and O–H groups in total. The van der Waals surface area contributed by atoms with E-state index in [1.165, 1.54) is 44.2 Å². The second-order valence-electron chi connectivity index (χ2n) is 6.51. The second kappa shape index (κ2) is 5.58. The van der Waals surface area contributed by atoms with Gasteiger partial charge in [-0.2, -0.15) is 0 Å². The fourth-order valence-corrected chi connectivity index (χ4v) is 4.15. The Morgan fingerprint density at radius 2 is 1.40 bits per heavy atom. The topological polar surface area (TPSA) is 9.23 Å². The second-order valence-corrected chi connectivity index (χ2v) is 6.51. The maximum atomic E-state index is 5.90. The molecule has 0 aliphatic heterocycles. The van der Waals surface area contributed by atoms with Crippen molar-refractivity contribution < 1.29 is 4.74 Å². The van der Waals surface area contributed by atoms with Gasteiger partial charge in [-0.15, -0.1) is 0 Å². The number of ether oxygens (including phenoxy) is 1. The average molecular weight is 322 g/mol. The summed E-state index contributed by atoms with van der Waals surface area (Å²) in [6.45, 7) is 0. The first-order valence-electron chi connectivity index (χ1n) is 8.61. The third-order valence-corrected chi connectivity index (χ3v) is 5.17. The average Bonchev–Trinajstić information content (AvgIpc) is 3.00. The molecule has 0 heterocycles. The Kier molecular flexibility index (Phi) is 3.22. The Hall–Kier alpha value is -2.90. The maximum absolute atomic E-state index is 5.90. The van der Waals surface area contributed by atoms with Crippen LogP contribution >= 0.6 is 0 Å². The Bertz CT molecular complexity index is 1080. The van der Waals surface area contributed by atoms with Gasteiger partial charge in [0, 0.05) is 7.11 Å². The number of hydrogen-bond acceptors (Lipinski definition) is 1. The molecular formula is C24H18O. The lowest BCUT2D eigenvalue weighted by Crippen LogP contribution is -1.99. The summed E-state index contributed by atoms with van der Waals surface area (Å²) in [6.07, 6.45) is -0.00160. The van der Waals surface area contributed by atoms with E-state index in [4.69, 9.17) is 4.74 Å². The van der Waals surface area contributed by atoms with Gasteiger partial charge in [0.25, 0.3) is 0 Å². The molecule has 0 spiro atoms. The molecule has 4 aromatic carbocycles. The summed E-state index contributed by atoms with van der Waals surface area (Å²) < 4.78 is 5.90. The Balaban J connectivity index is 1.97. The molecule has 0 radical (unpaired) electrons. The van der Waals surface area contributed by atoms with Crippen molar-refractivity contribution in [1.29, 1.82) is 0 Å². The van der Waals surface area contributed by atoms with E-state index in [9.17, 15) is 0 Å². The fraction of sp³-hybridized carbons (Fsp3) is 0.0833. The molecule has 1 heteroatoms. The number of hydrogen-bond donors (Lipinski definition) is 0. The molecule has 1 aliphatic carbocycles. The lowest BCUT2D eigenvalue weighted by molar-refractivity contribution is 0.140. The van der Waals surface area contributed by atoms with Crippen molar-refractivity contribution in [2.45, 2.75) is 6.10 Å². The van der Waals surface area contributed by atoms with Gasteiger partial charge in [0.2, 0.25) is 0 Å². The summed E-state index contributed by atoms with van der Waals surface area (Å²) >= 11 is 0. The Morgan fingerprint density at radius 3 is 2.24 bits per heavy atom. The van der Waals surface area contributed by atoms with Gasteiger partial charge in [0.05, 0.1) is 0 Å². The quantitative estimate of drug-likeness (QED) is 0.425. The number of rotatable bonds is 2. The first-order valence-corrected chi connectivity index (χ1v) is 8.61. The minimum atomic E-state index is -0.00160. The van der Waals surface area contributed by atoms with Crippen LogP contribution in [0.4, 0.5) is 0 Å². The van der Waals surface area contributed by atoms with Crippen LogP contribution in [0.3, 0.4) is 0 Å². The van der Waals surface area contributed by atoms with Crippen LogP contribution in [0.25, 0.3) is 33.0 Å². The van der Waals surface area contributed by atoms with Crippen LogP contribution in [0.2, 0.25) is 0 Å². The van der Waals surface area contributed by atoms with E-state index in [1.807, 2.05) is 0 Å². The van der Waals surface area contributed by atoms with E-state index in [1.54, 1.807) is 7.11 Å². The summed E-state index contributed by atoms with van der Waals surface area (Å²) in [5, 5.41) is 2.55. The lowest BCUT2D eigenvalue weighted by atomic mass is 9.89. The molecule has 0 amide bonds. The van der Waals surface area contributed by atoms with Gasteiger partial charge in [-0.3, -0.25) is 0 Å². The van der Waals surface area contributed by atoms with Crippen LogP contribution in [-0.2, 0) is 4.74 Å². The van der Waals surface area contributed by atoms with Gasteiger partial charge >= 0.3 is 0 Å². The van der Waals surface area contributed by atoms with Crippen molar-refractivity contribution in [3.05, 3.63) is 96.1 Å². The molecule has 1 nitrogen and oxygen atoms in total. The predicted octanol–water partition coefficient (Wildman–Crippen LogP) is 6.22. The van der Waals surface area contributed by atoms with E-state index in [0.29, 0.717) is 0 Å². The van der Waals surface area contributed by atoms with Crippen molar-refractivity contribution in [1.82, 2.24) is 0 Å². The summed E-state index contributed by atoms with van der Waals surface area (Å²) in [6, 6.07) is 30.2. The molecule has 1 aliphatic rings. The highest BCUT2D eigenvalue weighted by molar-refractivity contribution is 6.07. The van der Waals surface area contributed by atoms with Crippen molar-refractivity contribution in [2.75, 3.05) is 7.11 Å². The molecule has 0 saturated heterocycles. The monoisotopic (exact) mass is 322 g/mol. The highest BCUT2D eigenvalue weighted by atomic mass is 16.5. The van der Waals surface area contributed by atoms with Gasteiger partial charge in [-0.25, -0.2) is 0 Å². The van der Waals surface area contributed by atoms with Crippen molar-refractivity contribution in [2.24, 2.45) is 0 Å². The predicted molar refractivity (Wildman–Crippen MR) is 104 cm³/mol. The van der Waals surface area contributed by atoms with E-state index in [-0.39, 0.29) is 6.10 Å². The normalized spacial score (nSPS) is 15.2. The molecule has 1 unspecified atom stereocenters. The molecule has 5 rings (SSSR count). The summed E-state index contributed by atoms with van der Waals surface area (Å²) in [5.41, 5.74) is 7.68. The maximum Gasteiger partial charge on any atom is 0.108 e. The van der Waals surface area contributed by atoms with Crippen molar-refractivity contribution in [3.63, 3.8) is 0 Å². The third kappa shape index (κ3) is 2.06. The molecule has 120 valence electrons. The van der Waals surface area contributed by atoms with Crippen molar-refractivity contribution in [3.8, 4) is 22.3 Å². The van der Waals surface area contributed by atoms with Crippen molar-refractivity contribution >= 4 is 10.8 Å². The van der Waals surface area contributed by atoms with E-state index >= 15 is 0 Å². The summed E-state index contributed by atoms with van der Waals surface area (Å²) in [4.78, 5) is 0. The van der Waals surface area contributed by atoms with Crippen LogP contribution in [0.5, 0.6) is 0 Å². The molecule has 1 atom stereocenters. The smallest absolute Gasteiger partial charge is 0.108 e. The van der Waals surface area contributed by atoms with Gasteiger partial charge in [-0.1, -0.05) is 78.9 Å². The van der Waals surface area contributed by atoms with Gasteiger partial charge < -0.3 is 4.74 Å². The molecule has 0 bridgehead atoms.